The maximum Gasteiger partial charge on any atom is 0.308 e. The van der Waals surface area contributed by atoms with Crippen LogP contribution in [0, 0.1) is 5.92 Å². The first-order chi connectivity index (χ1) is 10.1. The van der Waals surface area contributed by atoms with Gasteiger partial charge in [-0.25, -0.2) is 4.98 Å². The maximum atomic E-state index is 12.2. The van der Waals surface area contributed by atoms with Gasteiger partial charge >= 0.3 is 5.97 Å². The fourth-order valence-electron chi connectivity index (χ4n) is 2.74. The van der Waals surface area contributed by atoms with Crippen LogP contribution >= 0.6 is 0 Å². The molecule has 0 spiro atoms. The molecule has 0 bridgehead atoms. The first-order valence-corrected chi connectivity index (χ1v) is 6.90. The number of nitrogens with zero attached hydrogens (tertiary/aromatic N) is 2. The Morgan fingerprint density at radius 3 is 2.71 bits per heavy atom. The number of carboxylic acid groups (broad SMARTS) is 1. The smallest absolute Gasteiger partial charge is 0.308 e. The summed E-state index contributed by atoms with van der Waals surface area (Å²) in [5, 5.41) is 11.9. The fourth-order valence-corrected chi connectivity index (χ4v) is 2.74. The van der Waals surface area contributed by atoms with Crippen LogP contribution in [0.1, 0.15) is 29.8 Å². The molecule has 6 nitrogen and oxygen atoms in total. The second-order valence-corrected chi connectivity index (χ2v) is 5.20. The van der Waals surface area contributed by atoms with Crippen LogP contribution in [0.2, 0.25) is 0 Å². The number of nitrogens with one attached hydrogen (secondary N) is 1. The Kier molecular flexibility index (Phi) is 3.51. The van der Waals surface area contributed by atoms with E-state index in [2.05, 4.69) is 15.3 Å². The third-order valence-electron chi connectivity index (χ3n) is 3.83. The molecule has 1 aromatic heterocycles. The molecule has 1 aliphatic carbocycles. The van der Waals surface area contributed by atoms with Crippen molar-refractivity contribution in [3.63, 3.8) is 0 Å². The SMILES string of the molecule is O=C(NC1CCCC1C(=O)O)c1cnc2ccccc2n1. The molecule has 0 radical (unpaired) electrons. The second kappa shape index (κ2) is 5.47. The minimum Gasteiger partial charge on any atom is -0.481 e. The Hall–Kier alpha value is -2.50. The predicted octanol–water partition coefficient (Wildman–Crippen LogP) is 1.61. The topological polar surface area (TPSA) is 92.2 Å². The molecule has 21 heavy (non-hydrogen) atoms. The van der Waals surface area contributed by atoms with Crippen LogP contribution in [0.5, 0.6) is 0 Å². The van der Waals surface area contributed by atoms with E-state index in [-0.39, 0.29) is 17.6 Å². The average molecular weight is 285 g/mol. The van der Waals surface area contributed by atoms with Crippen LogP contribution in [0.3, 0.4) is 0 Å². The Balaban J connectivity index is 1.79. The second-order valence-electron chi connectivity index (χ2n) is 5.20. The number of benzene rings is 1. The largest absolute Gasteiger partial charge is 0.481 e. The van der Waals surface area contributed by atoms with Crippen molar-refractivity contribution in [1.29, 1.82) is 0 Å². The highest BCUT2D eigenvalue weighted by Crippen LogP contribution is 2.26. The molecule has 0 aliphatic heterocycles. The van der Waals surface area contributed by atoms with E-state index in [1.807, 2.05) is 18.2 Å². The van der Waals surface area contributed by atoms with Gasteiger partial charge in [0.1, 0.15) is 5.69 Å². The van der Waals surface area contributed by atoms with E-state index in [9.17, 15) is 9.59 Å². The first kappa shape index (κ1) is 13.5. The predicted molar refractivity (Wildman–Crippen MR) is 75.8 cm³/mol. The minimum atomic E-state index is -0.859. The van der Waals surface area contributed by atoms with Gasteiger partial charge in [-0.05, 0) is 25.0 Å². The summed E-state index contributed by atoms with van der Waals surface area (Å²) in [6.45, 7) is 0. The highest BCUT2D eigenvalue weighted by atomic mass is 16.4. The van der Waals surface area contributed by atoms with Crippen LogP contribution in [0.15, 0.2) is 30.5 Å². The molecule has 1 fully saturated rings. The number of carbonyl (C=O) groups is 2. The Bertz CT molecular complexity index is 701. The van der Waals surface area contributed by atoms with Crippen LogP contribution in [-0.2, 0) is 4.79 Å². The number of hydrogen-bond acceptors (Lipinski definition) is 4. The third kappa shape index (κ3) is 2.69. The summed E-state index contributed by atoms with van der Waals surface area (Å²) in [6, 6.07) is 6.96. The van der Waals surface area contributed by atoms with Gasteiger partial charge in [-0.3, -0.25) is 14.6 Å². The van der Waals surface area contributed by atoms with Crippen LogP contribution < -0.4 is 5.32 Å². The molecule has 6 heteroatoms. The van der Waals surface area contributed by atoms with Crippen molar-refractivity contribution in [3.8, 4) is 0 Å². The summed E-state index contributed by atoms with van der Waals surface area (Å²) >= 11 is 0. The number of aromatic nitrogens is 2. The Morgan fingerprint density at radius 2 is 1.95 bits per heavy atom. The van der Waals surface area contributed by atoms with E-state index in [1.54, 1.807) is 6.07 Å². The molecule has 0 saturated heterocycles. The quantitative estimate of drug-likeness (QED) is 0.893. The van der Waals surface area contributed by atoms with Gasteiger partial charge in [-0.1, -0.05) is 18.6 Å². The van der Waals surface area contributed by atoms with Crippen molar-refractivity contribution in [2.45, 2.75) is 25.3 Å². The van der Waals surface area contributed by atoms with Gasteiger partial charge in [0.25, 0.3) is 5.91 Å². The normalized spacial score (nSPS) is 21.3. The Labute approximate surface area is 121 Å². The van der Waals surface area contributed by atoms with Crippen molar-refractivity contribution in [2.75, 3.05) is 0 Å². The number of para-hydroxylation sites is 2. The number of aliphatic carboxylic acids is 1. The van der Waals surface area contributed by atoms with Crippen molar-refractivity contribution in [1.82, 2.24) is 15.3 Å². The fraction of sp³-hybridized carbons (Fsp3) is 0.333. The molecular weight excluding hydrogens is 270 g/mol. The van der Waals surface area contributed by atoms with Gasteiger partial charge in [0.15, 0.2) is 0 Å². The van der Waals surface area contributed by atoms with Crippen molar-refractivity contribution in [2.24, 2.45) is 5.92 Å². The van der Waals surface area contributed by atoms with E-state index in [4.69, 9.17) is 5.11 Å². The number of carboxylic acids is 1. The van der Waals surface area contributed by atoms with E-state index in [1.165, 1.54) is 6.20 Å². The molecule has 1 heterocycles. The highest BCUT2D eigenvalue weighted by molar-refractivity contribution is 5.94. The first-order valence-electron chi connectivity index (χ1n) is 6.90. The van der Waals surface area contributed by atoms with Crippen molar-refractivity contribution < 1.29 is 14.7 Å². The van der Waals surface area contributed by atoms with Crippen molar-refractivity contribution in [3.05, 3.63) is 36.2 Å². The zero-order valence-corrected chi connectivity index (χ0v) is 11.3. The van der Waals surface area contributed by atoms with Crippen LogP contribution in [0.25, 0.3) is 11.0 Å². The molecule has 2 unspecified atom stereocenters. The van der Waals surface area contributed by atoms with E-state index in [0.29, 0.717) is 18.4 Å². The summed E-state index contributed by atoms with van der Waals surface area (Å²) in [4.78, 5) is 31.8. The molecular formula is C15H15N3O3. The number of hydrogen-bond donors (Lipinski definition) is 2. The lowest BCUT2D eigenvalue weighted by Gasteiger charge is -2.17. The zero-order valence-electron chi connectivity index (χ0n) is 11.3. The third-order valence-corrected chi connectivity index (χ3v) is 3.83. The number of fused-ring (bicyclic) bond motifs is 1. The van der Waals surface area contributed by atoms with E-state index >= 15 is 0 Å². The van der Waals surface area contributed by atoms with Gasteiger partial charge in [0.05, 0.1) is 23.1 Å². The molecule has 1 aliphatic rings. The van der Waals surface area contributed by atoms with Gasteiger partial charge in [-0.2, -0.15) is 0 Å². The summed E-state index contributed by atoms with van der Waals surface area (Å²) in [5.74, 6) is -1.74. The molecule has 2 atom stereocenters. The lowest BCUT2D eigenvalue weighted by atomic mass is 10.0. The van der Waals surface area contributed by atoms with Gasteiger partial charge in [-0.15, -0.1) is 0 Å². The summed E-state index contributed by atoms with van der Waals surface area (Å²) in [6.07, 6.45) is 3.51. The molecule has 2 aromatic rings. The molecule has 1 aromatic carbocycles. The summed E-state index contributed by atoms with van der Waals surface area (Å²) < 4.78 is 0. The van der Waals surface area contributed by atoms with Gasteiger partial charge in [0.2, 0.25) is 0 Å². The number of carbonyl (C=O) groups excluding carboxylic acids is 1. The van der Waals surface area contributed by atoms with Crippen LogP contribution in [-0.4, -0.2) is 33.0 Å². The molecule has 108 valence electrons. The minimum absolute atomic E-state index is 0.213. The van der Waals surface area contributed by atoms with E-state index in [0.717, 1.165) is 11.9 Å². The lowest BCUT2D eigenvalue weighted by Crippen LogP contribution is -2.40. The van der Waals surface area contributed by atoms with Gasteiger partial charge in [0, 0.05) is 6.04 Å². The monoisotopic (exact) mass is 285 g/mol. The van der Waals surface area contributed by atoms with Crippen molar-refractivity contribution >= 4 is 22.9 Å². The van der Waals surface area contributed by atoms with E-state index < -0.39 is 11.9 Å². The standard InChI is InChI=1S/C15H15N3O3/c19-14(18-10-7-3-4-9(10)15(20)21)13-8-16-11-5-1-2-6-12(11)17-13/h1-2,5-6,8-10H,3-4,7H2,(H,18,19)(H,20,21). The Morgan fingerprint density at radius 1 is 1.19 bits per heavy atom. The number of amides is 1. The molecule has 1 saturated carbocycles. The molecule has 1 amide bonds. The average Bonchev–Trinajstić information content (AvgIpc) is 2.95. The van der Waals surface area contributed by atoms with Gasteiger partial charge < -0.3 is 10.4 Å². The van der Waals surface area contributed by atoms with Crippen LogP contribution in [0.4, 0.5) is 0 Å². The lowest BCUT2D eigenvalue weighted by molar-refractivity contribution is -0.142. The molecule has 3 rings (SSSR count). The zero-order chi connectivity index (χ0) is 14.8. The summed E-state index contributed by atoms with van der Waals surface area (Å²) in [7, 11) is 0. The maximum absolute atomic E-state index is 12.2. The number of rotatable bonds is 3. The highest BCUT2D eigenvalue weighted by Gasteiger charge is 2.34. The molecule has 2 N–H and O–H groups in total. The summed E-state index contributed by atoms with van der Waals surface area (Å²) in [5.41, 5.74) is 1.58.